The molecule has 7 nitrogen and oxygen atoms in total. The number of carbonyl (C=O) groups is 1. The van der Waals surface area contributed by atoms with E-state index in [0.717, 1.165) is 5.56 Å². The summed E-state index contributed by atoms with van der Waals surface area (Å²) in [6.07, 6.45) is 0. The van der Waals surface area contributed by atoms with Gasteiger partial charge in [-0.15, -0.1) is 0 Å². The van der Waals surface area contributed by atoms with Crippen LogP contribution in [0.2, 0.25) is 0 Å². The number of anilines is 1. The summed E-state index contributed by atoms with van der Waals surface area (Å²) < 4.78 is 15.8. The highest BCUT2D eigenvalue weighted by Crippen LogP contribution is 2.34. The van der Waals surface area contributed by atoms with Crippen LogP contribution in [0.5, 0.6) is 11.5 Å². The van der Waals surface area contributed by atoms with Crippen LogP contribution in [0.4, 0.5) is 5.69 Å². The predicted molar refractivity (Wildman–Crippen MR) is 97.9 cm³/mol. The Kier molecular flexibility index (Phi) is 4.90. The van der Waals surface area contributed by atoms with Crippen molar-refractivity contribution in [1.29, 1.82) is 0 Å². The molecule has 3 aromatic rings. The summed E-state index contributed by atoms with van der Waals surface area (Å²) in [5.74, 6) is 0.169. The molecule has 26 heavy (non-hydrogen) atoms. The quantitative estimate of drug-likeness (QED) is 0.682. The second-order valence-electron chi connectivity index (χ2n) is 5.52. The summed E-state index contributed by atoms with van der Waals surface area (Å²) >= 11 is 0. The van der Waals surface area contributed by atoms with Gasteiger partial charge in [0.05, 0.1) is 14.2 Å². The number of amides is 1. The molecule has 0 aliphatic rings. The number of benzene rings is 2. The molecule has 2 aromatic carbocycles. The topological polar surface area (TPSA) is 104 Å². The Morgan fingerprint density at radius 1 is 1.12 bits per heavy atom. The van der Waals surface area contributed by atoms with Gasteiger partial charge < -0.3 is 24.9 Å². The lowest BCUT2D eigenvalue weighted by atomic mass is 10.1. The lowest BCUT2D eigenvalue weighted by molar-refractivity contribution is 0.102. The number of rotatable bonds is 5. The fraction of sp³-hybridized carbons (Fsp3) is 0.158. The van der Waals surface area contributed by atoms with Gasteiger partial charge >= 0.3 is 5.63 Å². The highest BCUT2D eigenvalue weighted by Gasteiger charge is 2.18. The summed E-state index contributed by atoms with van der Waals surface area (Å²) in [6.45, 7) is 0.411. The van der Waals surface area contributed by atoms with Crippen LogP contribution in [0.1, 0.15) is 15.9 Å². The van der Waals surface area contributed by atoms with Crippen molar-refractivity contribution in [3.8, 4) is 11.5 Å². The zero-order valence-corrected chi connectivity index (χ0v) is 14.4. The lowest BCUT2D eigenvalue weighted by Gasteiger charge is -2.10. The predicted octanol–water partition coefficient (Wildman–Crippen LogP) is 2.52. The molecule has 1 heterocycles. The van der Waals surface area contributed by atoms with E-state index < -0.39 is 11.5 Å². The highest BCUT2D eigenvalue weighted by atomic mass is 16.5. The molecule has 0 bridgehead atoms. The summed E-state index contributed by atoms with van der Waals surface area (Å²) in [4.78, 5) is 24.8. The zero-order valence-electron chi connectivity index (χ0n) is 14.4. The molecule has 134 valence electrons. The number of nitrogens with one attached hydrogen (secondary N) is 1. The fourth-order valence-electron chi connectivity index (χ4n) is 2.58. The molecule has 0 saturated carbocycles. The maximum atomic E-state index is 12.5. The van der Waals surface area contributed by atoms with Crippen LogP contribution in [0, 0.1) is 0 Å². The Bertz CT molecular complexity index is 1010. The standard InChI is InChI=1S/C19H18N2O5/c1-24-15-8-5-12-9-14(19(23)26-16(12)17(15)25-2)18(22)21-13-6-3-11(10-20)4-7-13/h3-9H,10,20H2,1-2H3,(H,21,22). The van der Waals surface area contributed by atoms with Crippen LogP contribution in [0.3, 0.4) is 0 Å². The van der Waals surface area contributed by atoms with Gasteiger partial charge in [0, 0.05) is 17.6 Å². The van der Waals surface area contributed by atoms with Crippen LogP contribution in [0.15, 0.2) is 51.7 Å². The summed E-state index contributed by atoms with van der Waals surface area (Å²) in [5, 5.41) is 3.22. The van der Waals surface area contributed by atoms with E-state index in [4.69, 9.17) is 19.6 Å². The Morgan fingerprint density at radius 3 is 2.46 bits per heavy atom. The Balaban J connectivity index is 1.98. The summed E-state index contributed by atoms with van der Waals surface area (Å²) in [6, 6.07) is 11.9. The van der Waals surface area contributed by atoms with E-state index in [1.165, 1.54) is 20.3 Å². The number of ether oxygens (including phenoxy) is 2. The molecule has 0 saturated heterocycles. The third-order valence-electron chi connectivity index (χ3n) is 3.94. The lowest BCUT2D eigenvalue weighted by Crippen LogP contribution is -2.20. The number of hydrogen-bond acceptors (Lipinski definition) is 6. The summed E-state index contributed by atoms with van der Waals surface area (Å²) in [7, 11) is 2.93. The van der Waals surface area contributed by atoms with Crippen molar-refractivity contribution in [1.82, 2.24) is 0 Å². The minimum Gasteiger partial charge on any atom is -0.493 e. The van der Waals surface area contributed by atoms with E-state index in [-0.39, 0.29) is 11.1 Å². The van der Waals surface area contributed by atoms with E-state index in [0.29, 0.717) is 29.1 Å². The maximum absolute atomic E-state index is 12.5. The van der Waals surface area contributed by atoms with E-state index in [1.807, 2.05) is 0 Å². The molecular formula is C19H18N2O5. The van der Waals surface area contributed by atoms with Crippen molar-refractivity contribution in [2.45, 2.75) is 6.54 Å². The molecule has 7 heteroatoms. The van der Waals surface area contributed by atoms with Crippen molar-refractivity contribution in [2.75, 3.05) is 19.5 Å². The largest absolute Gasteiger partial charge is 0.493 e. The van der Waals surface area contributed by atoms with Crippen LogP contribution in [0.25, 0.3) is 11.0 Å². The third kappa shape index (κ3) is 3.25. The fourth-order valence-corrected chi connectivity index (χ4v) is 2.58. The average molecular weight is 354 g/mol. The van der Waals surface area contributed by atoms with Crippen LogP contribution in [-0.2, 0) is 6.54 Å². The molecule has 0 aliphatic heterocycles. The van der Waals surface area contributed by atoms with Gasteiger partial charge in [0.15, 0.2) is 11.3 Å². The number of nitrogens with two attached hydrogens (primary N) is 1. The van der Waals surface area contributed by atoms with E-state index in [1.54, 1.807) is 36.4 Å². The van der Waals surface area contributed by atoms with Gasteiger partial charge in [-0.2, -0.15) is 0 Å². The molecule has 3 N–H and O–H groups in total. The SMILES string of the molecule is COc1ccc2cc(C(=O)Nc3ccc(CN)cc3)c(=O)oc2c1OC. The van der Waals surface area contributed by atoms with Gasteiger partial charge in [-0.05, 0) is 35.9 Å². The normalized spacial score (nSPS) is 10.6. The smallest absolute Gasteiger partial charge is 0.349 e. The van der Waals surface area contributed by atoms with Crippen molar-refractivity contribution in [2.24, 2.45) is 5.73 Å². The van der Waals surface area contributed by atoms with Crippen LogP contribution < -0.4 is 26.1 Å². The number of methoxy groups -OCH3 is 2. The first-order valence-corrected chi connectivity index (χ1v) is 7.86. The second-order valence-corrected chi connectivity index (χ2v) is 5.52. The van der Waals surface area contributed by atoms with Crippen LogP contribution in [-0.4, -0.2) is 20.1 Å². The zero-order chi connectivity index (χ0) is 18.7. The van der Waals surface area contributed by atoms with Crippen molar-refractivity contribution in [3.63, 3.8) is 0 Å². The first kappa shape index (κ1) is 17.5. The van der Waals surface area contributed by atoms with Crippen LogP contribution >= 0.6 is 0 Å². The molecule has 0 fully saturated rings. The van der Waals surface area contributed by atoms with Crippen molar-refractivity contribution in [3.05, 3.63) is 64.0 Å². The number of carbonyl (C=O) groups excluding carboxylic acids is 1. The minimum atomic E-state index is -0.764. The molecule has 1 aromatic heterocycles. The molecule has 3 rings (SSSR count). The van der Waals surface area contributed by atoms with Gasteiger partial charge in [-0.25, -0.2) is 4.79 Å². The Morgan fingerprint density at radius 2 is 1.85 bits per heavy atom. The van der Waals surface area contributed by atoms with Crippen molar-refractivity contribution < 1.29 is 18.7 Å². The third-order valence-corrected chi connectivity index (χ3v) is 3.94. The number of hydrogen-bond donors (Lipinski definition) is 2. The van der Waals surface area contributed by atoms with Crippen molar-refractivity contribution >= 4 is 22.6 Å². The van der Waals surface area contributed by atoms with Gasteiger partial charge in [0.25, 0.3) is 5.91 Å². The first-order valence-electron chi connectivity index (χ1n) is 7.86. The number of fused-ring (bicyclic) bond motifs is 1. The molecule has 1 amide bonds. The minimum absolute atomic E-state index is 0.104. The first-order chi connectivity index (χ1) is 12.6. The highest BCUT2D eigenvalue weighted by molar-refractivity contribution is 6.05. The molecule has 0 spiro atoms. The average Bonchev–Trinajstić information content (AvgIpc) is 2.67. The maximum Gasteiger partial charge on any atom is 0.349 e. The molecule has 0 radical (unpaired) electrons. The van der Waals surface area contributed by atoms with Gasteiger partial charge in [-0.3, -0.25) is 4.79 Å². The van der Waals surface area contributed by atoms with E-state index in [2.05, 4.69) is 5.32 Å². The Hall–Kier alpha value is -3.32. The summed E-state index contributed by atoms with van der Waals surface area (Å²) in [5.41, 5.74) is 6.40. The monoisotopic (exact) mass is 354 g/mol. The van der Waals surface area contributed by atoms with E-state index in [9.17, 15) is 9.59 Å². The van der Waals surface area contributed by atoms with E-state index >= 15 is 0 Å². The van der Waals surface area contributed by atoms with Gasteiger partial charge in [0.2, 0.25) is 5.75 Å². The molecule has 0 unspecified atom stereocenters. The van der Waals surface area contributed by atoms with Gasteiger partial charge in [0.1, 0.15) is 5.56 Å². The Labute approximate surface area is 149 Å². The van der Waals surface area contributed by atoms with Gasteiger partial charge in [-0.1, -0.05) is 12.1 Å². The molecular weight excluding hydrogens is 336 g/mol. The molecule has 0 aliphatic carbocycles. The second kappa shape index (κ2) is 7.28. The molecule has 0 atom stereocenters.